The average Bonchev–Trinajstić information content (AvgIpc) is 2.47. The Kier molecular flexibility index (Phi) is 2.93. The molecular formula is C17H13NS. The summed E-state index contributed by atoms with van der Waals surface area (Å²) in [6.45, 7) is 1.97. The zero-order chi connectivity index (χ0) is 13.3. The van der Waals surface area contributed by atoms with Gasteiger partial charge in [-0.2, -0.15) is 5.26 Å². The number of nitriles is 1. The Morgan fingerprint density at radius 3 is 2.42 bits per heavy atom. The summed E-state index contributed by atoms with van der Waals surface area (Å²) in [5, 5.41) is 9.43. The van der Waals surface area contributed by atoms with Crippen LogP contribution in [0.15, 0.2) is 65.6 Å². The third-order valence-corrected chi connectivity index (χ3v) is 4.43. The van der Waals surface area contributed by atoms with Gasteiger partial charge in [-0.3, -0.25) is 0 Å². The maximum absolute atomic E-state index is 9.43. The lowest BCUT2D eigenvalue weighted by molar-refractivity contribution is 1.01. The minimum absolute atomic E-state index is 0.500. The summed E-state index contributed by atoms with van der Waals surface area (Å²) in [5.41, 5.74) is 3.53. The van der Waals surface area contributed by atoms with Gasteiger partial charge in [-0.15, -0.1) is 0 Å². The van der Waals surface area contributed by atoms with Crippen LogP contribution in [0.2, 0.25) is 0 Å². The minimum atomic E-state index is -0.500. The Morgan fingerprint density at radius 1 is 1.00 bits per heavy atom. The number of benzene rings is 2. The van der Waals surface area contributed by atoms with Crippen molar-refractivity contribution in [3.63, 3.8) is 0 Å². The van der Waals surface area contributed by atoms with Gasteiger partial charge in [0.2, 0.25) is 0 Å². The molecule has 0 radical (unpaired) electrons. The largest absolute Gasteiger partial charge is 0.196 e. The average molecular weight is 263 g/mol. The topological polar surface area (TPSA) is 23.8 Å². The molecule has 0 bridgehead atoms. The maximum atomic E-state index is 9.43. The Balaban J connectivity index is 2.22. The van der Waals surface area contributed by atoms with E-state index in [1.165, 1.54) is 10.5 Å². The normalized spacial score (nSPS) is 21.2. The molecule has 2 aromatic carbocycles. The molecule has 92 valence electrons. The van der Waals surface area contributed by atoms with Gasteiger partial charge in [0.15, 0.2) is 0 Å². The van der Waals surface area contributed by atoms with Crippen LogP contribution in [0.5, 0.6) is 0 Å². The molecule has 0 spiro atoms. The first kappa shape index (κ1) is 12.1. The predicted molar refractivity (Wildman–Crippen MR) is 79.8 cm³/mol. The van der Waals surface area contributed by atoms with E-state index in [1.54, 1.807) is 11.8 Å². The lowest BCUT2D eigenvalue weighted by atomic mass is 9.94. The maximum Gasteiger partial charge on any atom is 0.123 e. The van der Waals surface area contributed by atoms with Crippen molar-refractivity contribution in [2.24, 2.45) is 0 Å². The second-order valence-corrected chi connectivity index (χ2v) is 6.23. The highest BCUT2D eigenvalue weighted by molar-refractivity contribution is 8.01. The molecule has 3 rings (SSSR count). The van der Waals surface area contributed by atoms with E-state index >= 15 is 0 Å². The van der Waals surface area contributed by atoms with E-state index in [0.29, 0.717) is 0 Å². The molecule has 0 N–H and O–H groups in total. The van der Waals surface area contributed by atoms with Crippen molar-refractivity contribution >= 4 is 17.3 Å². The van der Waals surface area contributed by atoms with Gasteiger partial charge in [-0.1, -0.05) is 60.3 Å². The quantitative estimate of drug-likeness (QED) is 0.756. The molecule has 0 fully saturated rings. The van der Waals surface area contributed by atoms with Gasteiger partial charge in [0.25, 0.3) is 0 Å². The van der Waals surface area contributed by atoms with Crippen LogP contribution in [-0.4, -0.2) is 4.75 Å². The van der Waals surface area contributed by atoms with E-state index in [4.69, 9.17) is 0 Å². The summed E-state index contributed by atoms with van der Waals surface area (Å²) in [5.74, 6) is 0. The number of hydrogen-bond acceptors (Lipinski definition) is 2. The van der Waals surface area contributed by atoms with Gasteiger partial charge in [-0.25, -0.2) is 0 Å². The number of hydrogen-bond donors (Lipinski definition) is 0. The zero-order valence-corrected chi connectivity index (χ0v) is 11.4. The molecule has 1 nitrogen and oxygen atoms in total. The predicted octanol–water partition coefficient (Wildman–Crippen LogP) is 4.51. The summed E-state index contributed by atoms with van der Waals surface area (Å²) in [4.78, 5) is 1.17. The fraction of sp³-hybridized carbons (Fsp3) is 0.118. The van der Waals surface area contributed by atoms with Crippen molar-refractivity contribution < 1.29 is 0 Å². The van der Waals surface area contributed by atoms with E-state index in [2.05, 4.69) is 36.4 Å². The van der Waals surface area contributed by atoms with Crippen LogP contribution in [0.4, 0.5) is 0 Å². The summed E-state index contributed by atoms with van der Waals surface area (Å²) >= 11 is 1.62. The Labute approximate surface area is 117 Å². The first-order valence-electron chi connectivity index (χ1n) is 6.20. The molecule has 1 unspecified atom stereocenters. The van der Waals surface area contributed by atoms with Crippen LogP contribution < -0.4 is 0 Å². The summed E-state index contributed by atoms with van der Waals surface area (Å²) < 4.78 is -0.500. The molecule has 1 aliphatic heterocycles. The van der Waals surface area contributed by atoms with Gasteiger partial charge in [-0.05, 0) is 35.8 Å². The van der Waals surface area contributed by atoms with Crippen molar-refractivity contribution in [3.05, 3.63) is 71.8 Å². The third kappa shape index (κ3) is 2.18. The molecule has 0 amide bonds. The van der Waals surface area contributed by atoms with Gasteiger partial charge >= 0.3 is 0 Å². The Bertz CT molecular complexity index is 682. The van der Waals surface area contributed by atoms with Gasteiger partial charge in [0.05, 0.1) is 6.07 Å². The molecule has 1 aliphatic rings. The van der Waals surface area contributed by atoms with E-state index in [1.807, 2.05) is 37.3 Å². The molecule has 1 heterocycles. The lowest BCUT2D eigenvalue weighted by Gasteiger charge is -2.27. The molecule has 2 aromatic rings. The monoisotopic (exact) mass is 263 g/mol. The molecule has 0 saturated carbocycles. The third-order valence-electron chi connectivity index (χ3n) is 3.23. The first-order valence-corrected chi connectivity index (χ1v) is 7.01. The first-order chi connectivity index (χ1) is 9.22. The van der Waals surface area contributed by atoms with E-state index < -0.39 is 4.75 Å². The highest BCUT2D eigenvalue weighted by atomic mass is 32.2. The molecule has 0 saturated heterocycles. The van der Waals surface area contributed by atoms with Crippen molar-refractivity contribution in [1.29, 1.82) is 5.26 Å². The second kappa shape index (κ2) is 4.60. The van der Waals surface area contributed by atoms with Crippen LogP contribution >= 0.6 is 11.8 Å². The van der Waals surface area contributed by atoms with Crippen LogP contribution in [0.25, 0.3) is 5.57 Å². The highest BCUT2D eigenvalue weighted by Gasteiger charge is 2.30. The molecule has 0 aromatic heterocycles. The Hall–Kier alpha value is -1.98. The minimum Gasteiger partial charge on any atom is -0.196 e. The van der Waals surface area contributed by atoms with E-state index in [9.17, 15) is 5.26 Å². The van der Waals surface area contributed by atoms with Crippen molar-refractivity contribution in [2.45, 2.75) is 16.6 Å². The highest BCUT2D eigenvalue weighted by Crippen LogP contribution is 2.45. The Morgan fingerprint density at radius 2 is 1.68 bits per heavy atom. The number of thioether (sulfide) groups is 1. The molecule has 0 aliphatic carbocycles. The molecule has 1 atom stereocenters. The van der Waals surface area contributed by atoms with Crippen molar-refractivity contribution in [1.82, 2.24) is 0 Å². The SMILES string of the molecule is CC1(C#N)C=C(c2ccccc2)c2ccccc2S1. The van der Waals surface area contributed by atoms with Crippen LogP contribution in [-0.2, 0) is 0 Å². The van der Waals surface area contributed by atoms with Crippen LogP contribution in [0.3, 0.4) is 0 Å². The summed E-state index contributed by atoms with van der Waals surface area (Å²) in [6, 6.07) is 21.0. The van der Waals surface area contributed by atoms with E-state index in [-0.39, 0.29) is 0 Å². The van der Waals surface area contributed by atoms with Crippen molar-refractivity contribution in [3.8, 4) is 6.07 Å². The molecule has 2 heteroatoms. The summed E-state index contributed by atoms with van der Waals surface area (Å²) in [7, 11) is 0. The fourth-order valence-electron chi connectivity index (χ4n) is 2.30. The smallest absolute Gasteiger partial charge is 0.123 e. The van der Waals surface area contributed by atoms with Gasteiger partial charge < -0.3 is 0 Å². The van der Waals surface area contributed by atoms with Crippen molar-refractivity contribution in [2.75, 3.05) is 0 Å². The van der Waals surface area contributed by atoms with Crippen LogP contribution in [0.1, 0.15) is 18.1 Å². The molecule has 19 heavy (non-hydrogen) atoms. The second-order valence-electron chi connectivity index (χ2n) is 4.74. The lowest BCUT2D eigenvalue weighted by Crippen LogP contribution is -2.18. The zero-order valence-electron chi connectivity index (χ0n) is 10.6. The number of nitrogens with zero attached hydrogens (tertiary/aromatic N) is 1. The van der Waals surface area contributed by atoms with Gasteiger partial charge in [0.1, 0.15) is 4.75 Å². The molecular weight excluding hydrogens is 250 g/mol. The van der Waals surface area contributed by atoms with Crippen LogP contribution in [0, 0.1) is 11.3 Å². The number of fused-ring (bicyclic) bond motifs is 1. The number of rotatable bonds is 1. The standard InChI is InChI=1S/C17H13NS/c1-17(12-18)11-15(13-7-3-2-4-8-13)14-9-5-6-10-16(14)19-17/h2-11H,1H3. The fourth-order valence-corrected chi connectivity index (χ4v) is 3.41. The summed E-state index contributed by atoms with van der Waals surface area (Å²) in [6.07, 6.45) is 2.08. The van der Waals surface area contributed by atoms with Gasteiger partial charge in [0, 0.05) is 4.90 Å². The van der Waals surface area contributed by atoms with E-state index in [0.717, 1.165) is 11.1 Å².